The fourth-order valence-electron chi connectivity index (χ4n) is 2.94. The van der Waals surface area contributed by atoms with Crippen molar-refractivity contribution in [1.29, 1.82) is 0 Å². The van der Waals surface area contributed by atoms with Crippen molar-refractivity contribution in [2.45, 2.75) is 19.8 Å². The quantitative estimate of drug-likeness (QED) is 0.333. The Balaban J connectivity index is 0.00000261. The number of carbonyl (C=O) groups excluding carboxylic acids is 1. The number of carbonyl (C=O) groups is 1. The lowest BCUT2D eigenvalue weighted by Gasteiger charge is -2.30. The number of esters is 1. The minimum absolute atomic E-state index is 0. The molecular weight excluding hydrogens is 452 g/mol. The van der Waals surface area contributed by atoms with Crippen molar-refractivity contribution in [3.63, 3.8) is 0 Å². The van der Waals surface area contributed by atoms with Crippen molar-refractivity contribution in [2.24, 2.45) is 0 Å². The molecule has 0 unspecified atom stereocenters. The molecule has 3 rings (SSSR count). The summed E-state index contributed by atoms with van der Waals surface area (Å²) in [5.41, 5.74) is 2.38. The molecule has 0 saturated carbocycles. The highest BCUT2D eigenvalue weighted by molar-refractivity contribution is 8.93. The van der Waals surface area contributed by atoms with E-state index in [0.29, 0.717) is 19.7 Å². The number of hydrogen-bond acceptors (Lipinski definition) is 6. The third kappa shape index (κ3) is 6.39. The summed E-state index contributed by atoms with van der Waals surface area (Å²) >= 11 is 7.68. The van der Waals surface area contributed by atoms with Crippen LogP contribution in [0.4, 0.5) is 0 Å². The van der Waals surface area contributed by atoms with E-state index in [-0.39, 0.29) is 23.0 Å². The molecule has 1 saturated heterocycles. The highest BCUT2D eigenvalue weighted by Crippen LogP contribution is 2.40. The van der Waals surface area contributed by atoms with Gasteiger partial charge in [0.25, 0.3) is 0 Å². The Labute approximate surface area is 180 Å². The van der Waals surface area contributed by atoms with E-state index in [1.54, 1.807) is 11.9 Å². The maximum atomic E-state index is 12.1. The molecular formula is C19H26BrClN2O3S. The van der Waals surface area contributed by atoms with Crippen LogP contribution in [0.2, 0.25) is 5.02 Å². The van der Waals surface area contributed by atoms with Gasteiger partial charge in [-0.3, -0.25) is 4.79 Å². The first-order valence-electron chi connectivity index (χ1n) is 9.07. The zero-order chi connectivity index (χ0) is 18.4. The van der Waals surface area contributed by atoms with Crippen LogP contribution in [0.3, 0.4) is 0 Å². The summed E-state index contributed by atoms with van der Waals surface area (Å²) in [5.74, 6) is -0.162. The monoisotopic (exact) mass is 476 g/mol. The highest BCUT2D eigenvalue weighted by atomic mass is 79.9. The molecule has 0 bridgehead atoms. The van der Waals surface area contributed by atoms with Crippen LogP contribution >= 0.6 is 40.5 Å². The van der Waals surface area contributed by atoms with E-state index in [1.807, 2.05) is 24.3 Å². The molecule has 1 aromatic carbocycles. The Morgan fingerprint density at radius 2 is 1.96 bits per heavy atom. The van der Waals surface area contributed by atoms with Gasteiger partial charge in [-0.1, -0.05) is 37.1 Å². The first-order chi connectivity index (χ1) is 12.7. The van der Waals surface area contributed by atoms with Gasteiger partial charge in [-0.25, -0.2) is 4.31 Å². The molecule has 5 nitrogen and oxygen atoms in total. The van der Waals surface area contributed by atoms with Gasteiger partial charge in [-0.2, -0.15) is 0 Å². The Morgan fingerprint density at radius 1 is 1.26 bits per heavy atom. The van der Waals surface area contributed by atoms with E-state index in [9.17, 15) is 4.79 Å². The third-order valence-electron chi connectivity index (χ3n) is 4.37. The summed E-state index contributed by atoms with van der Waals surface area (Å²) in [6, 6.07) is 7.91. The molecule has 27 heavy (non-hydrogen) atoms. The van der Waals surface area contributed by atoms with E-state index in [0.717, 1.165) is 49.7 Å². The van der Waals surface area contributed by atoms with Gasteiger partial charge in [-0.15, -0.1) is 17.0 Å². The summed E-state index contributed by atoms with van der Waals surface area (Å²) < 4.78 is 12.9. The summed E-state index contributed by atoms with van der Waals surface area (Å²) in [6.45, 7) is 6.79. The molecule has 0 aliphatic carbocycles. The van der Waals surface area contributed by atoms with Crippen LogP contribution in [0.15, 0.2) is 29.3 Å². The second kappa shape index (κ2) is 11.3. The topological polar surface area (TPSA) is 42.0 Å². The normalized spacial score (nSPS) is 17.8. The molecule has 1 aromatic rings. The second-order valence-electron chi connectivity index (χ2n) is 6.35. The number of hydrogen-bond donors (Lipinski definition) is 0. The molecule has 0 aromatic heterocycles. The maximum absolute atomic E-state index is 12.1. The van der Waals surface area contributed by atoms with Gasteiger partial charge < -0.3 is 14.4 Å². The van der Waals surface area contributed by atoms with Crippen molar-refractivity contribution < 1.29 is 14.3 Å². The predicted octanol–water partition coefficient (Wildman–Crippen LogP) is 4.23. The number of nitrogens with zero attached hydrogens (tertiary/aromatic N) is 2. The molecule has 0 amide bonds. The molecule has 0 spiro atoms. The number of rotatable bonds is 7. The van der Waals surface area contributed by atoms with Crippen LogP contribution in [0, 0.1) is 0 Å². The van der Waals surface area contributed by atoms with E-state index >= 15 is 0 Å². The average Bonchev–Trinajstić information content (AvgIpc) is 3.07. The van der Waals surface area contributed by atoms with Crippen molar-refractivity contribution in [1.82, 2.24) is 9.21 Å². The van der Waals surface area contributed by atoms with Gasteiger partial charge in [0.15, 0.2) is 0 Å². The number of morpholine rings is 1. The fourth-order valence-corrected chi connectivity index (χ4v) is 4.27. The molecule has 150 valence electrons. The smallest absolute Gasteiger partial charge is 0.321 e. The van der Waals surface area contributed by atoms with Crippen LogP contribution in [-0.2, 0) is 14.3 Å². The number of benzene rings is 1. The van der Waals surface area contributed by atoms with Crippen LogP contribution in [0.5, 0.6) is 0 Å². The molecule has 0 radical (unpaired) electrons. The van der Waals surface area contributed by atoms with Crippen molar-refractivity contribution in [3.8, 4) is 0 Å². The molecule has 0 N–H and O–H groups in total. The summed E-state index contributed by atoms with van der Waals surface area (Å²) in [4.78, 5) is 14.4. The Bertz CT molecular complexity index is 651. The largest absolute Gasteiger partial charge is 0.465 e. The lowest BCUT2D eigenvalue weighted by molar-refractivity contribution is -0.143. The van der Waals surface area contributed by atoms with Gasteiger partial charge in [0.1, 0.15) is 6.54 Å². The van der Waals surface area contributed by atoms with E-state index < -0.39 is 0 Å². The summed E-state index contributed by atoms with van der Waals surface area (Å²) in [7, 11) is 0. The van der Waals surface area contributed by atoms with Crippen LogP contribution in [-0.4, -0.2) is 61.2 Å². The van der Waals surface area contributed by atoms with Crippen LogP contribution in [0.25, 0.3) is 5.57 Å². The van der Waals surface area contributed by atoms with Gasteiger partial charge in [0, 0.05) is 30.2 Å². The van der Waals surface area contributed by atoms with Gasteiger partial charge in [0.05, 0.1) is 24.8 Å². The lowest BCUT2D eigenvalue weighted by Crippen LogP contribution is -2.35. The molecule has 2 aliphatic heterocycles. The van der Waals surface area contributed by atoms with E-state index in [2.05, 4.69) is 16.1 Å². The minimum atomic E-state index is -0.162. The van der Waals surface area contributed by atoms with Gasteiger partial charge >= 0.3 is 5.97 Å². The molecule has 2 heterocycles. The standard InChI is InChI=1S/C19H25ClN2O3S.BrH/c1-2-3-10-25-18(23)14-22-13-17(15-4-6-16(20)7-5-15)19(26-22)21-8-11-24-12-9-21;/h4-7H,2-3,8-14H2,1H3;1H. The van der Waals surface area contributed by atoms with Crippen molar-refractivity contribution in [3.05, 3.63) is 39.9 Å². The predicted molar refractivity (Wildman–Crippen MR) is 116 cm³/mol. The number of unbranched alkanes of at least 4 members (excludes halogenated alkanes) is 1. The molecule has 1 fully saturated rings. The zero-order valence-electron chi connectivity index (χ0n) is 15.5. The van der Waals surface area contributed by atoms with E-state index in [1.165, 1.54) is 10.6 Å². The van der Waals surface area contributed by atoms with Crippen LogP contribution < -0.4 is 0 Å². The van der Waals surface area contributed by atoms with Crippen molar-refractivity contribution >= 4 is 52.1 Å². The fraction of sp³-hybridized carbons (Fsp3) is 0.526. The van der Waals surface area contributed by atoms with E-state index in [4.69, 9.17) is 21.1 Å². The minimum Gasteiger partial charge on any atom is -0.465 e. The number of halogens is 2. The zero-order valence-corrected chi connectivity index (χ0v) is 18.8. The summed E-state index contributed by atoms with van der Waals surface area (Å²) in [6.07, 6.45) is 1.93. The number of ether oxygens (including phenoxy) is 2. The SMILES string of the molecule is Br.CCCCOC(=O)CN1CC(c2ccc(Cl)cc2)=C(N2CCOCC2)S1. The first kappa shape index (κ1) is 22.6. The van der Waals surface area contributed by atoms with Crippen LogP contribution in [0.1, 0.15) is 25.3 Å². The summed E-state index contributed by atoms with van der Waals surface area (Å²) in [5, 5.41) is 1.93. The molecule has 0 atom stereocenters. The third-order valence-corrected chi connectivity index (χ3v) is 5.81. The second-order valence-corrected chi connectivity index (χ2v) is 7.88. The molecule has 2 aliphatic rings. The highest BCUT2D eigenvalue weighted by Gasteiger charge is 2.30. The van der Waals surface area contributed by atoms with Crippen molar-refractivity contribution in [2.75, 3.05) is 46.0 Å². The Kier molecular flexibility index (Phi) is 9.45. The lowest BCUT2D eigenvalue weighted by atomic mass is 10.1. The average molecular weight is 478 g/mol. The maximum Gasteiger partial charge on any atom is 0.321 e. The Hall–Kier alpha value is -0.730. The first-order valence-corrected chi connectivity index (χ1v) is 10.2. The Morgan fingerprint density at radius 3 is 2.63 bits per heavy atom. The van der Waals surface area contributed by atoms with Gasteiger partial charge in [0.2, 0.25) is 0 Å². The molecule has 8 heteroatoms. The van der Waals surface area contributed by atoms with Gasteiger partial charge in [-0.05, 0) is 36.1 Å².